The summed E-state index contributed by atoms with van der Waals surface area (Å²) in [5, 5.41) is 6.89. The number of benzene rings is 2. The highest BCUT2D eigenvalue weighted by molar-refractivity contribution is 6.02. The largest absolute Gasteiger partial charge is 0.483 e. The highest BCUT2D eigenvalue weighted by Crippen LogP contribution is 2.39. The lowest BCUT2D eigenvalue weighted by molar-refractivity contribution is -0.138. The number of carbonyl (C=O) groups is 3. The van der Waals surface area contributed by atoms with Crippen molar-refractivity contribution in [1.82, 2.24) is 9.88 Å². The number of hydrogen-bond acceptors (Lipinski definition) is 5. The number of likely N-dealkylation sites (tertiary alicyclic amines) is 1. The van der Waals surface area contributed by atoms with Crippen molar-refractivity contribution >= 4 is 24.2 Å². The van der Waals surface area contributed by atoms with Gasteiger partial charge in [-0.3, -0.25) is 14.4 Å². The van der Waals surface area contributed by atoms with Crippen molar-refractivity contribution in [2.75, 3.05) is 13.1 Å². The predicted octanol–water partition coefficient (Wildman–Crippen LogP) is 3.49. The average molecular weight is 531 g/mol. The number of halogens is 3. The summed E-state index contributed by atoms with van der Waals surface area (Å²) in [5.41, 5.74) is 10.5. The summed E-state index contributed by atoms with van der Waals surface area (Å²) in [6.45, 7) is 0.360. The van der Waals surface area contributed by atoms with Gasteiger partial charge in [0.05, 0.1) is 11.8 Å². The molecule has 1 aliphatic heterocycles. The second-order valence-corrected chi connectivity index (χ2v) is 8.26. The minimum absolute atomic E-state index is 0.0854. The molecule has 0 radical (unpaired) electrons. The first kappa shape index (κ1) is 27.9. The first-order chi connectivity index (χ1) is 18.0. The molecule has 1 aromatic heterocycles. The Hall–Kier alpha value is -4.68. The van der Waals surface area contributed by atoms with E-state index in [9.17, 15) is 22.8 Å². The van der Waals surface area contributed by atoms with Crippen LogP contribution in [0.3, 0.4) is 0 Å². The van der Waals surface area contributed by atoms with E-state index in [1.165, 1.54) is 18.5 Å². The molecule has 10 nitrogen and oxygen atoms in total. The maximum Gasteiger partial charge on any atom is 0.416 e. The van der Waals surface area contributed by atoms with Crippen LogP contribution in [0.2, 0.25) is 0 Å². The lowest BCUT2D eigenvalue weighted by Gasteiger charge is -2.33. The zero-order chi connectivity index (χ0) is 27.9. The lowest BCUT2D eigenvalue weighted by atomic mass is 9.85. The monoisotopic (exact) mass is 531 g/mol. The number of hydrogen-bond donors (Lipinski definition) is 3. The number of piperidine rings is 1. The van der Waals surface area contributed by atoms with Gasteiger partial charge in [-0.05, 0) is 48.6 Å². The van der Waals surface area contributed by atoms with Gasteiger partial charge < -0.3 is 25.9 Å². The normalized spacial score (nSPS) is 13.7. The molecular formula is C25H24F3N5O5. The highest BCUT2D eigenvalue weighted by atomic mass is 19.4. The van der Waals surface area contributed by atoms with Crippen LogP contribution in [-0.4, -0.2) is 52.3 Å². The Bertz CT molecular complexity index is 1300. The zero-order valence-corrected chi connectivity index (χ0v) is 19.9. The molecule has 13 heteroatoms. The Morgan fingerprint density at radius 3 is 2.21 bits per heavy atom. The Labute approximate surface area is 214 Å². The maximum atomic E-state index is 13.8. The molecule has 1 fully saturated rings. The fraction of sp³-hybridized carbons (Fsp3) is 0.240. The van der Waals surface area contributed by atoms with Gasteiger partial charge in [0, 0.05) is 29.8 Å². The standard InChI is InChI=1S/C24H22F3N5O3.CH2O2/c25-24(26,27)19-11-17(21(33)31-23(28)29)5-6-18(19)14-7-9-32(10-8-14)22(34)16-3-1-15(2-4-16)20-12-30-13-35-20;2-1-3/h1-6,11-14H,7-10H2,(H4,28,29,31,33);1H,(H,2,3). The number of guanidine groups is 1. The van der Waals surface area contributed by atoms with Gasteiger partial charge in [0.1, 0.15) is 0 Å². The molecule has 200 valence electrons. The fourth-order valence-corrected chi connectivity index (χ4v) is 4.18. The molecule has 0 unspecified atom stereocenters. The molecule has 2 heterocycles. The summed E-state index contributed by atoms with van der Waals surface area (Å²) in [5.74, 6) is -1.51. The van der Waals surface area contributed by atoms with E-state index >= 15 is 0 Å². The number of rotatable bonds is 4. The average Bonchev–Trinajstić information content (AvgIpc) is 3.43. The molecule has 0 spiro atoms. The predicted molar refractivity (Wildman–Crippen MR) is 130 cm³/mol. The van der Waals surface area contributed by atoms with Crippen LogP contribution in [0.4, 0.5) is 13.2 Å². The Morgan fingerprint density at radius 2 is 1.68 bits per heavy atom. The van der Waals surface area contributed by atoms with E-state index < -0.39 is 29.5 Å². The number of aromatic nitrogens is 1. The number of aliphatic imine (C=N–C) groups is 1. The number of alkyl halides is 3. The summed E-state index contributed by atoms with van der Waals surface area (Å²) in [7, 11) is 0. The Kier molecular flexibility index (Phi) is 8.84. The Morgan fingerprint density at radius 1 is 1.08 bits per heavy atom. The molecule has 0 saturated carbocycles. The molecule has 3 aromatic rings. The van der Waals surface area contributed by atoms with Gasteiger partial charge in [0.25, 0.3) is 18.3 Å². The van der Waals surface area contributed by atoms with Crippen molar-refractivity contribution in [2.45, 2.75) is 24.9 Å². The number of carboxylic acid groups (broad SMARTS) is 1. The first-order valence-electron chi connectivity index (χ1n) is 11.3. The van der Waals surface area contributed by atoms with Gasteiger partial charge in [-0.1, -0.05) is 18.2 Å². The van der Waals surface area contributed by atoms with Crippen LogP contribution in [0.15, 0.2) is 64.5 Å². The summed E-state index contributed by atoms with van der Waals surface area (Å²) >= 11 is 0. The summed E-state index contributed by atoms with van der Waals surface area (Å²) < 4.78 is 46.6. The number of carbonyl (C=O) groups excluding carboxylic acids is 2. The van der Waals surface area contributed by atoms with Crippen LogP contribution in [0, 0.1) is 0 Å². The maximum absolute atomic E-state index is 13.8. The van der Waals surface area contributed by atoms with Gasteiger partial charge in [-0.15, -0.1) is 0 Å². The van der Waals surface area contributed by atoms with Gasteiger partial charge in [-0.2, -0.15) is 18.2 Å². The van der Waals surface area contributed by atoms with Crippen molar-refractivity contribution in [3.8, 4) is 11.3 Å². The van der Waals surface area contributed by atoms with Crippen LogP contribution in [0.1, 0.15) is 50.6 Å². The topological polar surface area (TPSA) is 165 Å². The van der Waals surface area contributed by atoms with Crippen LogP contribution < -0.4 is 11.5 Å². The van der Waals surface area contributed by atoms with E-state index in [2.05, 4.69) is 9.98 Å². The van der Waals surface area contributed by atoms with Crippen LogP contribution >= 0.6 is 0 Å². The van der Waals surface area contributed by atoms with E-state index in [0.29, 0.717) is 37.3 Å². The minimum atomic E-state index is -4.66. The summed E-state index contributed by atoms with van der Waals surface area (Å²) in [6, 6.07) is 10.2. The molecule has 1 aliphatic rings. The van der Waals surface area contributed by atoms with E-state index in [-0.39, 0.29) is 23.5 Å². The third-order valence-corrected chi connectivity index (χ3v) is 5.91. The quantitative estimate of drug-likeness (QED) is 0.261. The fourth-order valence-electron chi connectivity index (χ4n) is 4.18. The highest BCUT2D eigenvalue weighted by Gasteiger charge is 2.37. The summed E-state index contributed by atoms with van der Waals surface area (Å²) in [6.07, 6.45) is -1.07. The van der Waals surface area contributed by atoms with Crippen LogP contribution in [0.5, 0.6) is 0 Å². The van der Waals surface area contributed by atoms with Crippen molar-refractivity contribution in [2.24, 2.45) is 16.5 Å². The first-order valence-corrected chi connectivity index (χ1v) is 11.3. The molecule has 0 aliphatic carbocycles. The van der Waals surface area contributed by atoms with Gasteiger partial charge in [0.15, 0.2) is 18.1 Å². The van der Waals surface area contributed by atoms with Crippen LogP contribution in [0.25, 0.3) is 11.3 Å². The molecule has 2 aromatic carbocycles. The SMILES string of the molecule is NC(N)=NC(=O)c1ccc(C2CCN(C(=O)c3ccc(-c4cnco4)cc3)CC2)c(C(F)(F)F)c1.O=CO. The molecule has 2 amide bonds. The summed E-state index contributed by atoms with van der Waals surface area (Å²) in [4.78, 5) is 42.1. The molecule has 0 atom stereocenters. The van der Waals surface area contributed by atoms with E-state index in [1.54, 1.807) is 35.4 Å². The molecular weight excluding hydrogens is 507 g/mol. The van der Waals surface area contributed by atoms with Crippen molar-refractivity contribution in [1.29, 1.82) is 0 Å². The van der Waals surface area contributed by atoms with Crippen LogP contribution in [-0.2, 0) is 11.0 Å². The van der Waals surface area contributed by atoms with E-state index in [4.69, 9.17) is 25.8 Å². The van der Waals surface area contributed by atoms with Crippen molar-refractivity contribution in [3.63, 3.8) is 0 Å². The van der Waals surface area contributed by atoms with Gasteiger partial charge in [-0.25, -0.2) is 4.98 Å². The van der Waals surface area contributed by atoms with Gasteiger partial charge in [0.2, 0.25) is 0 Å². The second-order valence-electron chi connectivity index (χ2n) is 8.26. The molecule has 0 bridgehead atoms. The van der Waals surface area contributed by atoms with E-state index in [1.807, 2.05) is 0 Å². The molecule has 38 heavy (non-hydrogen) atoms. The number of amides is 2. The zero-order valence-electron chi connectivity index (χ0n) is 19.9. The molecule has 1 saturated heterocycles. The molecule has 4 rings (SSSR count). The Balaban J connectivity index is 0.00000127. The third kappa shape index (κ3) is 6.75. The number of nitrogens with zero attached hydrogens (tertiary/aromatic N) is 3. The number of oxazole rings is 1. The van der Waals surface area contributed by atoms with Gasteiger partial charge >= 0.3 is 6.18 Å². The van der Waals surface area contributed by atoms with Crippen molar-refractivity contribution < 1.29 is 37.1 Å². The smallest absolute Gasteiger partial charge is 0.416 e. The number of nitrogens with two attached hydrogens (primary N) is 2. The minimum Gasteiger partial charge on any atom is -0.483 e. The molecule has 5 N–H and O–H groups in total. The lowest BCUT2D eigenvalue weighted by Crippen LogP contribution is -2.38. The second kappa shape index (κ2) is 12.0. The third-order valence-electron chi connectivity index (χ3n) is 5.91. The van der Waals surface area contributed by atoms with Crippen molar-refractivity contribution in [3.05, 3.63) is 77.3 Å². The van der Waals surface area contributed by atoms with E-state index in [0.717, 1.165) is 11.6 Å².